The molecule has 2 heterocycles. The Morgan fingerprint density at radius 1 is 1.47 bits per heavy atom. The van der Waals surface area contributed by atoms with Crippen LogP contribution in [0.4, 0.5) is 11.5 Å². The molecule has 0 spiro atoms. The first kappa shape index (κ1) is 14.4. The summed E-state index contributed by atoms with van der Waals surface area (Å²) in [6, 6.07) is 3.99. The maximum Gasteiger partial charge on any atom is 0.291 e. The zero-order chi connectivity index (χ0) is 14.0. The van der Waals surface area contributed by atoms with Gasteiger partial charge in [0.1, 0.15) is 12.0 Å². The van der Waals surface area contributed by atoms with E-state index in [0.717, 1.165) is 8.66 Å². The molecule has 0 amide bonds. The number of anilines is 1. The van der Waals surface area contributed by atoms with Crippen LogP contribution >= 0.6 is 43.2 Å². The molecule has 5 nitrogen and oxygen atoms in total. The summed E-state index contributed by atoms with van der Waals surface area (Å²) in [5.41, 5.74) is 0.575. The molecule has 0 bridgehead atoms. The molecule has 0 saturated heterocycles. The van der Waals surface area contributed by atoms with Crippen LogP contribution in [0.1, 0.15) is 10.4 Å². The van der Waals surface area contributed by atoms with E-state index in [1.165, 1.54) is 6.20 Å². The molecule has 100 valence electrons. The summed E-state index contributed by atoms with van der Waals surface area (Å²) in [6.07, 6.45) is 1.27. The summed E-state index contributed by atoms with van der Waals surface area (Å²) in [6.45, 7) is 2.32. The van der Waals surface area contributed by atoms with E-state index in [9.17, 15) is 10.1 Å². The van der Waals surface area contributed by atoms with Gasteiger partial charge in [-0.2, -0.15) is 0 Å². The Hall–Kier alpha value is -0.990. The van der Waals surface area contributed by atoms with Crippen molar-refractivity contribution in [3.63, 3.8) is 0 Å². The van der Waals surface area contributed by atoms with Crippen molar-refractivity contribution in [3.8, 4) is 0 Å². The summed E-state index contributed by atoms with van der Waals surface area (Å²) in [5, 5.41) is 13.9. The van der Waals surface area contributed by atoms with Gasteiger partial charge in [0.2, 0.25) is 0 Å². The predicted octanol–water partition coefficient (Wildman–Crippen LogP) is 4.50. The summed E-state index contributed by atoms with van der Waals surface area (Å²) in [4.78, 5) is 15.6. The van der Waals surface area contributed by atoms with Gasteiger partial charge >= 0.3 is 0 Å². The number of rotatable bonds is 4. The third-order valence-corrected chi connectivity index (χ3v) is 5.09. The summed E-state index contributed by atoms with van der Waals surface area (Å²) < 4.78 is 1.69. The fourth-order valence-electron chi connectivity index (χ4n) is 1.49. The molecule has 0 atom stereocenters. The Morgan fingerprint density at radius 3 is 2.79 bits per heavy atom. The van der Waals surface area contributed by atoms with Gasteiger partial charge in [0.05, 0.1) is 19.7 Å². The highest BCUT2D eigenvalue weighted by atomic mass is 79.9. The van der Waals surface area contributed by atoms with Crippen LogP contribution in [-0.4, -0.2) is 9.91 Å². The minimum Gasteiger partial charge on any atom is -0.364 e. The van der Waals surface area contributed by atoms with E-state index in [0.29, 0.717) is 22.4 Å². The molecule has 2 aromatic rings. The monoisotopic (exact) mass is 405 g/mol. The average Bonchev–Trinajstić information content (AvgIpc) is 2.76. The zero-order valence-corrected chi connectivity index (χ0v) is 13.8. The Balaban J connectivity index is 2.17. The first-order chi connectivity index (χ1) is 8.99. The van der Waals surface area contributed by atoms with E-state index < -0.39 is 4.92 Å². The van der Waals surface area contributed by atoms with Crippen LogP contribution in [0.25, 0.3) is 0 Å². The number of nitrogens with one attached hydrogen (secondary N) is 1. The average molecular weight is 407 g/mol. The molecule has 0 aliphatic carbocycles. The molecule has 0 fully saturated rings. The minimum atomic E-state index is -0.437. The van der Waals surface area contributed by atoms with E-state index in [-0.39, 0.29) is 5.69 Å². The number of thiophene rings is 1. The molecule has 8 heteroatoms. The van der Waals surface area contributed by atoms with Crippen molar-refractivity contribution in [2.75, 3.05) is 5.32 Å². The molecule has 0 saturated carbocycles. The number of nitro groups is 1. The minimum absolute atomic E-state index is 0.0105. The number of halogens is 2. The van der Waals surface area contributed by atoms with E-state index >= 15 is 0 Å². The number of nitrogens with zero attached hydrogens (tertiary/aromatic N) is 2. The molecule has 2 rings (SSSR count). The Kier molecular flexibility index (Phi) is 4.54. The highest BCUT2D eigenvalue weighted by Crippen LogP contribution is 2.31. The maximum absolute atomic E-state index is 10.8. The van der Waals surface area contributed by atoms with Gasteiger partial charge in [0, 0.05) is 10.4 Å². The van der Waals surface area contributed by atoms with Crippen LogP contribution in [0.3, 0.4) is 0 Å². The van der Waals surface area contributed by atoms with Crippen LogP contribution in [0.2, 0.25) is 0 Å². The molecule has 2 aromatic heterocycles. The van der Waals surface area contributed by atoms with Crippen molar-refractivity contribution >= 4 is 54.7 Å². The van der Waals surface area contributed by atoms with Gasteiger partial charge in [-0.05, 0) is 50.9 Å². The van der Waals surface area contributed by atoms with Crippen molar-refractivity contribution in [2.24, 2.45) is 0 Å². The van der Waals surface area contributed by atoms with Gasteiger partial charge in [0.25, 0.3) is 5.69 Å². The molecule has 19 heavy (non-hydrogen) atoms. The summed E-state index contributed by atoms with van der Waals surface area (Å²) in [7, 11) is 0. The van der Waals surface area contributed by atoms with E-state index in [1.807, 2.05) is 12.1 Å². The maximum atomic E-state index is 10.8. The second kappa shape index (κ2) is 5.98. The van der Waals surface area contributed by atoms with E-state index in [2.05, 4.69) is 42.2 Å². The van der Waals surface area contributed by atoms with Gasteiger partial charge in [-0.15, -0.1) is 11.3 Å². The van der Waals surface area contributed by atoms with Gasteiger partial charge in [-0.25, -0.2) is 4.98 Å². The lowest BCUT2D eigenvalue weighted by Crippen LogP contribution is -2.03. The van der Waals surface area contributed by atoms with Crippen LogP contribution in [0.5, 0.6) is 0 Å². The third-order valence-electron chi connectivity index (χ3n) is 2.49. The van der Waals surface area contributed by atoms with Crippen molar-refractivity contribution in [2.45, 2.75) is 13.5 Å². The Labute approximate surface area is 130 Å². The Bertz CT molecular complexity index is 630. The van der Waals surface area contributed by atoms with Crippen LogP contribution in [0.15, 0.2) is 26.6 Å². The molecule has 0 radical (unpaired) electrons. The van der Waals surface area contributed by atoms with Crippen LogP contribution in [-0.2, 0) is 6.54 Å². The number of aromatic nitrogens is 1. The molecule has 0 unspecified atom stereocenters. The molecule has 1 N–H and O–H groups in total. The highest BCUT2D eigenvalue weighted by molar-refractivity contribution is 9.11. The third kappa shape index (κ3) is 3.31. The second-order valence-corrected chi connectivity index (χ2v) is 7.09. The first-order valence-electron chi connectivity index (χ1n) is 5.26. The fourth-order valence-corrected chi connectivity index (χ4v) is 3.36. The highest BCUT2D eigenvalue weighted by Gasteiger charge is 2.16. The lowest BCUT2D eigenvalue weighted by atomic mass is 10.2. The Morgan fingerprint density at radius 2 is 2.21 bits per heavy atom. The van der Waals surface area contributed by atoms with Gasteiger partial charge < -0.3 is 5.32 Å². The number of pyridine rings is 1. The van der Waals surface area contributed by atoms with Crippen molar-refractivity contribution in [1.82, 2.24) is 4.98 Å². The predicted molar refractivity (Wildman–Crippen MR) is 82.7 cm³/mol. The van der Waals surface area contributed by atoms with Gasteiger partial charge in [0.15, 0.2) is 0 Å². The molecular formula is C11H9Br2N3O2S. The second-order valence-electron chi connectivity index (χ2n) is 3.75. The lowest BCUT2D eigenvalue weighted by molar-refractivity contribution is -0.385. The van der Waals surface area contributed by atoms with Gasteiger partial charge in [-0.1, -0.05) is 0 Å². The first-order valence-corrected chi connectivity index (χ1v) is 7.67. The normalized spacial score (nSPS) is 10.5. The molecule has 0 aliphatic rings. The smallest absolute Gasteiger partial charge is 0.291 e. The van der Waals surface area contributed by atoms with Crippen molar-refractivity contribution in [3.05, 3.63) is 47.1 Å². The zero-order valence-electron chi connectivity index (χ0n) is 9.81. The fraction of sp³-hybridized carbons (Fsp3) is 0.182. The standard InChI is InChI=1S/C11H9Br2N3O2S/c1-6-8(16(17)18)5-15-11(10(6)13)14-4-7-2-3-9(12)19-7/h2-3,5H,4H2,1H3,(H,14,15). The van der Waals surface area contributed by atoms with Gasteiger partial charge in [-0.3, -0.25) is 10.1 Å². The largest absolute Gasteiger partial charge is 0.364 e. The topological polar surface area (TPSA) is 68.1 Å². The summed E-state index contributed by atoms with van der Waals surface area (Å²) >= 11 is 8.37. The number of hydrogen-bond donors (Lipinski definition) is 1. The molecular weight excluding hydrogens is 398 g/mol. The van der Waals surface area contributed by atoms with E-state index in [1.54, 1.807) is 18.3 Å². The molecule has 0 aromatic carbocycles. The van der Waals surface area contributed by atoms with Crippen LogP contribution in [0, 0.1) is 17.0 Å². The quantitative estimate of drug-likeness (QED) is 0.599. The van der Waals surface area contributed by atoms with Crippen molar-refractivity contribution < 1.29 is 4.92 Å². The number of hydrogen-bond acceptors (Lipinski definition) is 5. The lowest BCUT2D eigenvalue weighted by Gasteiger charge is -2.08. The van der Waals surface area contributed by atoms with Crippen molar-refractivity contribution in [1.29, 1.82) is 0 Å². The molecule has 0 aliphatic heterocycles. The SMILES string of the molecule is Cc1c([N+](=O)[O-])cnc(NCc2ccc(Br)s2)c1Br. The van der Waals surface area contributed by atoms with E-state index in [4.69, 9.17) is 0 Å². The summed E-state index contributed by atoms with van der Waals surface area (Å²) in [5.74, 6) is 0.604. The van der Waals surface area contributed by atoms with Crippen LogP contribution < -0.4 is 5.32 Å².